The predicted octanol–water partition coefficient (Wildman–Crippen LogP) is 3.00. The van der Waals surface area contributed by atoms with Gasteiger partial charge in [-0.15, -0.1) is 11.8 Å². The summed E-state index contributed by atoms with van der Waals surface area (Å²) in [6, 6.07) is 3.30. The molecule has 1 heterocycles. The van der Waals surface area contributed by atoms with Crippen LogP contribution in [0.2, 0.25) is 10.0 Å². The summed E-state index contributed by atoms with van der Waals surface area (Å²) in [5.74, 6) is -0.326. The zero-order valence-electron chi connectivity index (χ0n) is 10.1. The minimum atomic E-state index is -0.445. The van der Waals surface area contributed by atoms with E-state index in [1.807, 2.05) is 0 Å². The van der Waals surface area contributed by atoms with Crippen molar-refractivity contribution in [3.8, 4) is 0 Å². The van der Waals surface area contributed by atoms with Gasteiger partial charge in [-0.3, -0.25) is 14.5 Å². The van der Waals surface area contributed by atoms with E-state index in [0.29, 0.717) is 15.7 Å². The van der Waals surface area contributed by atoms with Gasteiger partial charge in [0.15, 0.2) is 0 Å². The van der Waals surface area contributed by atoms with Crippen LogP contribution in [0.3, 0.4) is 0 Å². The molecule has 0 atom stereocenters. The standard InChI is InChI=1S/C12H11Cl2NO3S/c1-2-18-12(17)5-15-9-3-7(13)8(14)4-10(9)19-6-11(15)16/h3-4H,2,5-6H2,1H3. The lowest BCUT2D eigenvalue weighted by Gasteiger charge is -2.28. The molecule has 1 aliphatic heterocycles. The summed E-state index contributed by atoms with van der Waals surface area (Å²) in [5, 5.41) is 0.780. The second-order valence-corrected chi connectivity index (χ2v) is 5.64. The third kappa shape index (κ3) is 3.16. The number of carbonyl (C=O) groups is 2. The van der Waals surface area contributed by atoms with E-state index in [9.17, 15) is 9.59 Å². The first-order chi connectivity index (χ1) is 9.02. The lowest BCUT2D eigenvalue weighted by atomic mass is 10.2. The Morgan fingerprint density at radius 2 is 2.11 bits per heavy atom. The average molecular weight is 320 g/mol. The number of hydrogen-bond donors (Lipinski definition) is 0. The van der Waals surface area contributed by atoms with E-state index >= 15 is 0 Å². The molecule has 0 saturated heterocycles. The summed E-state index contributed by atoms with van der Waals surface area (Å²) in [6.45, 7) is 1.89. The minimum Gasteiger partial charge on any atom is -0.465 e. The molecule has 1 aromatic carbocycles. The van der Waals surface area contributed by atoms with Crippen LogP contribution >= 0.6 is 35.0 Å². The Balaban J connectivity index is 2.32. The fourth-order valence-corrected chi connectivity index (χ4v) is 3.04. The molecule has 0 fully saturated rings. The third-order valence-electron chi connectivity index (χ3n) is 2.54. The maximum atomic E-state index is 11.9. The predicted molar refractivity (Wildman–Crippen MR) is 76.2 cm³/mol. The molecule has 1 amide bonds. The van der Waals surface area contributed by atoms with Gasteiger partial charge in [0.25, 0.3) is 0 Å². The van der Waals surface area contributed by atoms with Gasteiger partial charge in [0, 0.05) is 4.90 Å². The van der Waals surface area contributed by atoms with Crippen LogP contribution in [-0.2, 0) is 14.3 Å². The van der Waals surface area contributed by atoms with E-state index in [1.54, 1.807) is 19.1 Å². The second-order valence-electron chi connectivity index (χ2n) is 3.81. The number of thioether (sulfide) groups is 1. The van der Waals surface area contributed by atoms with Crippen LogP contribution in [-0.4, -0.2) is 30.8 Å². The molecule has 7 heteroatoms. The number of anilines is 1. The van der Waals surface area contributed by atoms with Gasteiger partial charge in [0.1, 0.15) is 6.54 Å². The molecule has 0 N–H and O–H groups in total. The van der Waals surface area contributed by atoms with Gasteiger partial charge in [-0.1, -0.05) is 23.2 Å². The number of hydrogen-bond acceptors (Lipinski definition) is 4. The summed E-state index contributed by atoms with van der Waals surface area (Å²) in [6.07, 6.45) is 0. The largest absolute Gasteiger partial charge is 0.465 e. The Hall–Kier alpha value is -0.910. The molecule has 1 aliphatic rings. The molecule has 4 nitrogen and oxygen atoms in total. The van der Waals surface area contributed by atoms with Gasteiger partial charge in [0.2, 0.25) is 5.91 Å². The fraction of sp³-hybridized carbons (Fsp3) is 0.333. The van der Waals surface area contributed by atoms with Gasteiger partial charge in [-0.2, -0.15) is 0 Å². The highest BCUT2D eigenvalue weighted by molar-refractivity contribution is 8.00. The van der Waals surface area contributed by atoms with Gasteiger partial charge in [0.05, 0.1) is 28.1 Å². The Labute approximate surface area is 125 Å². The number of benzene rings is 1. The highest BCUT2D eigenvalue weighted by atomic mass is 35.5. The maximum absolute atomic E-state index is 11.9. The molecule has 102 valence electrons. The summed E-state index contributed by atoms with van der Waals surface area (Å²) in [5.41, 5.74) is 0.601. The van der Waals surface area contributed by atoms with Crippen molar-refractivity contribution >= 4 is 52.5 Å². The fourth-order valence-electron chi connectivity index (χ4n) is 1.71. The number of carbonyl (C=O) groups excluding carboxylic acids is 2. The van der Waals surface area contributed by atoms with E-state index in [0.717, 1.165) is 4.90 Å². The molecular formula is C12H11Cl2NO3S. The summed E-state index contributed by atoms with van der Waals surface area (Å²) >= 11 is 13.3. The zero-order valence-corrected chi connectivity index (χ0v) is 12.4. The van der Waals surface area contributed by atoms with E-state index < -0.39 is 5.97 Å². The lowest BCUT2D eigenvalue weighted by Crippen LogP contribution is -2.39. The van der Waals surface area contributed by atoms with Crippen molar-refractivity contribution < 1.29 is 14.3 Å². The van der Waals surface area contributed by atoms with Crippen molar-refractivity contribution in [2.75, 3.05) is 23.8 Å². The summed E-state index contributed by atoms with van der Waals surface area (Å²) in [4.78, 5) is 25.7. The first kappa shape index (κ1) is 14.5. The molecule has 0 bridgehead atoms. The molecule has 0 radical (unpaired) electrons. The van der Waals surface area contributed by atoms with Gasteiger partial charge < -0.3 is 4.74 Å². The highest BCUT2D eigenvalue weighted by Gasteiger charge is 2.27. The van der Waals surface area contributed by atoms with E-state index in [4.69, 9.17) is 27.9 Å². The molecule has 19 heavy (non-hydrogen) atoms. The number of ether oxygens (including phenoxy) is 1. The van der Waals surface area contributed by atoms with Crippen molar-refractivity contribution in [1.82, 2.24) is 0 Å². The van der Waals surface area contributed by atoms with Crippen LogP contribution in [0.5, 0.6) is 0 Å². The van der Waals surface area contributed by atoms with Crippen LogP contribution in [0.25, 0.3) is 0 Å². The molecular weight excluding hydrogens is 309 g/mol. The van der Waals surface area contributed by atoms with Crippen molar-refractivity contribution in [2.24, 2.45) is 0 Å². The minimum absolute atomic E-state index is 0.113. The van der Waals surface area contributed by atoms with Gasteiger partial charge in [-0.25, -0.2) is 0 Å². The van der Waals surface area contributed by atoms with Gasteiger partial charge in [-0.05, 0) is 19.1 Å². The third-order valence-corrected chi connectivity index (χ3v) is 4.29. The SMILES string of the molecule is CCOC(=O)CN1C(=O)CSc2cc(Cl)c(Cl)cc21. The van der Waals surface area contributed by atoms with E-state index in [-0.39, 0.29) is 24.8 Å². The number of halogens is 2. The lowest BCUT2D eigenvalue weighted by molar-refractivity contribution is -0.142. The molecule has 2 rings (SSSR count). The molecule has 0 aromatic heterocycles. The molecule has 1 aromatic rings. The van der Waals surface area contributed by atoms with Crippen molar-refractivity contribution in [1.29, 1.82) is 0 Å². The Morgan fingerprint density at radius 3 is 2.79 bits per heavy atom. The van der Waals surface area contributed by atoms with Crippen molar-refractivity contribution in [2.45, 2.75) is 11.8 Å². The quantitative estimate of drug-likeness (QED) is 0.803. The molecule has 0 spiro atoms. The van der Waals surface area contributed by atoms with Crippen LogP contribution in [0, 0.1) is 0 Å². The van der Waals surface area contributed by atoms with Crippen LogP contribution < -0.4 is 4.90 Å². The normalized spacial score (nSPS) is 14.3. The number of amides is 1. The maximum Gasteiger partial charge on any atom is 0.326 e. The number of esters is 1. The van der Waals surface area contributed by atoms with Crippen molar-refractivity contribution in [3.63, 3.8) is 0 Å². The summed E-state index contributed by atoms with van der Waals surface area (Å²) in [7, 11) is 0. The highest BCUT2D eigenvalue weighted by Crippen LogP contribution is 2.40. The molecule has 0 saturated carbocycles. The Kier molecular flexibility index (Phi) is 4.60. The summed E-state index contributed by atoms with van der Waals surface area (Å²) < 4.78 is 4.86. The first-order valence-corrected chi connectivity index (χ1v) is 7.35. The molecule has 0 aliphatic carbocycles. The Bertz CT molecular complexity index is 536. The van der Waals surface area contributed by atoms with Gasteiger partial charge >= 0.3 is 5.97 Å². The number of rotatable bonds is 3. The number of fused-ring (bicyclic) bond motifs is 1. The van der Waals surface area contributed by atoms with E-state index in [2.05, 4.69) is 0 Å². The molecule has 0 unspecified atom stereocenters. The topological polar surface area (TPSA) is 46.6 Å². The second kappa shape index (κ2) is 6.03. The smallest absolute Gasteiger partial charge is 0.326 e. The van der Waals surface area contributed by atoms with Crippen LogP contribution in [0.1, 0.15) is 6.92 Å². The number of nitrogens with zero attached hydrogens (tertiary/aromatic N) is 1. The monoisotopic (exact) mass is 319 g/mol. The van der Waals surface area contributed by atoms with Crippen LogP contribution in [0.15, 0.2) is 17.0 Å². The average Bonchev–Trinajstić information content (AvgIpc) is 2.36. The first-order valence-electron chi connectivity index (χ1n) is 5.60. The van der Waals surface area contributed by atoms with Crippen molar-refractivity contribution in [3.05, 3.63) is 22.2 Å². The van der Waals surface area contributed by atoms with E-state index in [1.165, 1.54) is 16.7 Å². The van der Waals surface area contributed by atoms with Crippen LogP contribution in [0.4, 0.5) is 5.69 Å². The Morgan fingerprint density at radius 1 is 1.42 bits per heavy atom. The zero-order chi connectivity index (χ0) is 14.0.